The van der Waals surface area contributed by atoms with Gasteiger partial charge in [-0.3, -0.25) is 14.7 Å². The summed E-state index contributed by atoms with van der Waals surface area (Å²) in [5, 5.41) is 0. The van der Waals surface area contributed by atoms with Gasteiger partial charge in [-0.15, -0.1) is 11.3 Å². The zero-order chi connectivity index (χ0) is 13.8. The van der Waals surface area contributed by atoms with Crippen molar-refractivity contribution in [2.75, 3.05) is 13.6 Å². The van der Waals surface area contributed by atoms with Crippen LogP contribution in [0.4, 0.5) is 0 Å². The first-order valence-electron chi connectivity index (χ1n) is 6.24. The largest absolute Gasteiger partial charge is 0.295 e. The fourth-order valence-electron chi connectivity index (χ4n) is 2.09. The molecule has 0 radical (unpaired) electrons. The minimum absolute atomic E-state index is 0.193. The summed E-state index contributed by atoms with van der Waals surface area (Å²) >= 11 is 1.68. The highest BCUT2D eigenvalue weighted by atomic mass is 32.1. The van der Waals surface area contributed by atoms with E-state index >= 15 is 0 Å². The Morgan fingerprint density at radius 2 is 2.00 bits per heavy atom. The summed E-state index contributed by atoms with van der Waals surface area (Å²) < 4.78 is 0. The number of hydrogen-bond acceptors (Lipinski definition) is 4. The van der Waals surface area contributed by atoms with Crippen molar-refractivity contribution in [2.24, 2.45) is 0 Å². The monoisotopic (exact) mass is 274 g/mol. The number of pyridine rings is 1. The number of carbonyl (C=O) groups excluding carboxylic acids is 1. The molecule has 0 unspecified atom stereocenters. The summed E-state index contributed by atoms with van der Waals surface area (Å²) in [6, 6.07) is 5.94. The first-order chi connectivity index (χ1) is 9.06. The number of thiophene rings is 1. The summed E-state index contributed by atoms with van der Waals surface area (Å²) in [6.07, 6.45) is 3.55. The molecule has 0 aliphatic rings. The van der Waals surface area contributed by atoms with E-state index in [9.17, 15) is 4.79 Å². The molecule has 0 N–H and O–H groups in total. The van der Waals surface area contributed by atoms with Gasteiger partial charge in [-0.05, 0) is 44.7 Å². The molecule has 0 aromatic carbocycles. The van der Waals surface area contributed by atoms with Crippen LogP contribution < -0.4 is 0 Å². The van der Waals surface area contributed by atoms with Crippen molar-refractivity contribution in [2.45, 2.75) is 20.4 Å². The number of ketones is 1. The number of rotatable bonds is 5. The van der Waals surface area contributed by atoms with Crippen LogP contribution in [0, 0.1) is 13.8 Å². The maximum absolute atomic E-state index is 12.2. The van der Waals surface area contributed by atoms with Gasteiger partial charge in [0.25, 0.3) is 0 Å². The third kappa shape index (κ3) is 3.72. The van der Waals surface area contributed by atoms with E-state index in [1.165, 1.54) is 10.4 Å². The number of hydrogen-bond donors (Lipinski definition) is 0. The molecule has 0 bridgehead atoms. The molecule has 100 valence electrons. The minimum Gasteiger partial charge on any atom is -0.295 e. The lowest BCUT2D eigenvalue weighted by atomic mass is 10.1. The van der Waals surface area contributed by atoms with E-state index in [0.29, 0.717) is 6.54 Å². The predicted molar refractivity (Wildman–Crippen MR) is 78.7 cm³/mol. The van der Waals surface area contributed by atoms with Crippen molar-refractivity contribution in [3.8, 4) is 0 Å². The van der Waals surface area contributed by atoms with Crippen molar-refractivity contribution in [3.63, 3.8) is 0 Å². The lowest BCUT2D eigenvalue weighted by Gasteiger charge is -2.15. The predicted octanol–water partition coefficient (Wildman–Crippen LogP) is 3.07. The van der Waals surface area contributed by atoms with Gasteiger partial charge in [-0.1, -0.05) is 0 Å². The van der Waals surface area contributed by atoms with Gasteiger partial charge in [0.15, 0.2) is 5.78 Å². The van der Waals surface area contributed by atoms with E-state index < -0.39 is 0 Å². The smallest absolute Gasteiger partial charge is 0.177 e. The zero-order valence-corrected chi connectivity index (χ0v) is 12.3. The van der Waals surface area contributed by atoms with Crippen LogP contribution in [0.25, 0.3) is 0 Å². The van der Waals surface area contributed by atoms with Gasteiger partial charge in [0.2, 0.25) is 0 Å². The topological polar surface area (TPSA) is 33.2 Å². The molecule has 0 saturated carbocycles. The van der Waals surface area contributed by atoms with Crippen molar-refractivity contribution in [1.82, 2.24) is 9.88 Å². The Hall–Kier alpha value is -1.52. The molecule has 0 fully saturated rings. The number of Topliss-reactive ketones (excluding diaryl/α,β-unsaturated/α-hetero) is 1. The third-order valence-corrected chi connectivity index (χ3v) is 3.92. The Morgan fingerprint density at radius 1 is 1.32 bits per heavy atom. The van der Waals surface area contributed by atoms with Gasteiger partial charge in [-0.2, -0.15) is 0 Å². The lowest BCUT2D eigenvalue weighted by Crippen LogP contribution is -2.25. The normalized spacial score (nSPS) is 10.9. The van der Waals surface area contributed by atoms with Crippen molar-refractivity contribution < 1.29 is 4.79 Å². The average molecular weight is 274 g/mol. The van der Waals surface area contributed by atoms with Gasteiger partial charge in [0, 0.05) is 34.3 Å². The zero-order valence-electron chi connectivity index (χ0n) is 11.5. The first kappa shape index (κ1) is 13.9. The second-order valence-electron chi connectivity index (χ2n) is 4.78. The molecule has 0 amide bonds. The fraction of sp³-hybridized carbons (Fsp3) is 0.333. The summed E-state index contributed by atoms with van der Waals surface area (Å²) in [4.78, 5) is 20.6. The van der Waals surface area contributed by atoms with Gasteiger partial charge in [0.1, 0.15) is 0 Å². The molecule has 19 heavy (non-hydrogen) atoms. The van der Waals surface area contributed by atoms with Gasteiger partial charge in [0.05, 0.1) is 6.54 Å². The second kappa shape index (κ2) is 6.08. The number of aromatic nitrogens is 1. The van der Waals surface area contributed by atoms with Crippen LogP contribution in [-0.4, -0.2) is 29.3 Å². The second-order valence-corrected chi connectivity index (χ2v) is 6.24. The van der Waals surface area contributed by atoms with Crippen LogP contribution in [0.15, 0.2) is 30.6 Å². The van der Waals surface area contributed by atoms with E-state index in [0.717, 1.165) is 17.0 Å². The number of aryl methyl sites for hydroxylation is 2. The van der Waals surface area contributed by atoms with Crippen LogP contribution in [0.1, 0.15) is 25.7 Å². The third-order valence-electron chi connectivity index (χ3n) is 2.96. The van der Waals surface area contributed by atoms with Crippen LogP contribution in [0.5, 0.6) is 0 Å². The lowest BCUT2D eigenvalue weighted by molar-refractivity contribution is 0.0943. The van der Waals surface area contributed by atoms with Crippen LogP contribution in [0.2, 0.25) is 0 Å². The highest BCUT2D eigenvalue weighted by Crippen LogP contribution is 2.21. The summed E-state index contributed by atoms with van der Waals surface area (Å²) in [5.41, 5.74) is 2.03. The van der Waals surface area contributed by atoms with Gasteiger partial charge >= 0.3 is 0 Å². The number of likely N-dealkylation sites (N-methyl/N-ethyl adjacent to an activating group) is 1. The van der Waals surface area contributed by atoms with Gasteiger partial charge < -0.3 is 0 Å². The Kier molecular flexibility index (Phi) is 4.45. The fourth-order valence-corrected chi connectivity index (χ4v) is 3.04. The Balaban J connectivity index is 1.97. The molecule has 2 aromatic heterocycles. The quantitative estimate of drug-likeness (QED) is 0.786. The molecule has 2 rings (SSSR count). The molecule has 4 heteroatoms. The molecular formula is C15H18N2OS. The van der Waals surface area contributed by atoms with Crippen LogP contribution in [-0.2, 0) is 6.54 Å². The van der Waals surface area contributed by atoms with Crippen LogP contribution >= 0.6 is 11.3 Å². The summed E-state index contributed by atoms with van der Waals surface area (Å²) in [7, 11) is 1.97. The minimum atomic E-state index is 0.193. The Bertz CT molecular complexity index is 563. The molecule has 0 atom stereocenters. The number of nitrogens with zero attached hydrogens (tertiary/aromatic N) is 2. The van der Waals surface area contributed by atoms with Crippen molar-refractivity contribution in [1.29, 1.82) is 0 Å². The number of carbonyl (C=O) groups is 1. The van der Waals surface area contributed by atoms with Crippen molar-refractivity contribution >= 4 is 17.1 Å². The first-order valence-corrected chi connectivity index (χ1v) is 7.05. The highest BCUT2D eigenvalue weighted by molar-refractivity contribution is 7.12. The molecule has 2 aromatic rings. The average Bonchev–Trinajstić information content (AvgIpc) is 2.69. The SMILES string of the molecule is Cc1cc(C(=O)CN(C)Cc2ccncc2)c(C)s1. The standard InChI is InChI=1S/C15H18N2OS/c1-11-8-14(12(2)19-11)15(18)10-17(3)9-13-4-6-16-7-5-13/h4-8H,9-10H2,1-3H3. The van der Waals surface area contributed by atoms with E-state index in [2.05, 4.69) is 4.98 Å². The van der Waals surface area contributed by atoms with Crippen molar-refractivity contribution in [3.05, 3.63) is 51.5 Å². The molecule has 0 aliphatic carbocycles. The maximum atomic E-state index is 12.2. The molecule has 3 nitrogen and oxygen atoms in total. The van der Waals surface area contributed by atoms with E-state index in [1.54, 1.807) is 23.7 Å². The Morgan fingerprint density at radius 3 is 2.58 bits per heavy atom. The Labute approximate surface area is 117 Å². The molecule has 2 heterocycles. The highest BCUT2D eigenvalue weighted by Gasteiger charge is 2.14. The molecular weight excluding hydrogens is 256 g/mol. The van der Waals surface area contributed by atoms with E-state index in [-0.39, 0.29) is 5.78 Å². The van der Waals surface area contributed by atoms with E-state index in [1.807, 2.05) is 44.0 Å². The summed E-state index contributed by atoms with van der Waals surface area (Å²) in [5.74, 6) is 0.193. The molecule has 0 spiro atoms. The summed E-state index contributed by atoms with van der Waals surface area (Å²) in [6.45, 7) is 5.25. The van der Waals surface area contributed by atoms with Gasteiger partial charge in [-0.25, -0.2) is 0 Å². The molecule has 0 saturated heterocycles. The maximum Gasteiger partial charge on any atom is 0.177 e. The molecule has 0 aliphatic heterocycles. The van der Waals surface area contributed by atoms with E-state index in [4.69, 9.17) is 0 Å². The van der Waals surface area contributed by atoms with Crippen LogP contribution in [0.3, 0.4) is 0 Å².